The second-order valence-corrected chi connectivity index (χ2v) is 5.41. The Morgan fingerprint density at radius 2 is 2.10 bits per heavy atom. The third-order valence-electron chi connectivity index (χ3n) is 3.16. The van der Waals surface area contributed by atoms with Crippen LogP contribution in [0.25, 0.3) is 0 Å². The third-order valence-corrected chi connectivity index (χ3v) is 3.53. The Labute approximate surface area is 123 Å². The maximum atomic E-state index is 11.7. The molecule has 1 fully saturated rings. The molecule has 0 bridgehead atoms. The summed E-state index contributed by atoms with van der Waals surface area (Å²) in [5.41, 5.74) is 0.904. The van der Waals surface area contributed by atoms with Crippen LogP contribution in [0.5, 0.6) is 0 Å². The molecular weight excluding hydrogens is 278 g/mol. The molecule has 4 nitrogen and oxygen atoms in total. The highest BCUT2D eigenvalue weighted by molar-refractivity contribution is 6.31. The van der Waals surface area contributed by atoms with Gasteiger partial charge in [0.05, 0.1) is 0 Å². The summed E-state index contributed by atoms with van der Waals surface area (Å²) in [7, 11) is 0. The Balaban J connectivity index is 1.74. The minimum absolute atomic E-state index is 0.213. The molecule has 1 amide bonds. The van der Waals surface area contributed by atoms with Crippen LogP contribution >= 0.6 is 11.6 Å². The van der Waals surface area contributed by atoms with Gasteiger partial charge in [0.25, 0.3) is 5.91 Å². The number of rotatable bonds is 6. The first-order valence-electron chi connectivity index (χ1n) is 6.79. The second-order valence-electron chi connectivity index (χ2n) is 5.01. The number of amides is 1. The first-order chi connectivity index (χ1) is 9.56. The molecule has 0 aliphatic heterocycles. The van der Waals surface area contributed by atoms with Gasteiger partial charge in [-0.15, -0.1) is 0 Å². The van der Waals surface area contributed by atoms with Crippen molar-refractivity contribution < 1.29 is 14.3 Å². The zero-order chi connectivity index (χ0) is 14.5. The van der Waals surface area contributed by atoms with Crippen LogP contribution in [-0.2, 0) is 20.7 Å². The van der Waals surface area contributed by atoms with Crippen LogP contribution in [0, 0.1) is 0 Å². The molecule has 1 aromatic rings. The summed E-state index contributed by atoms with van der Waals surface area (Å²) in [6, 6.07) is 7.64. The molecule has 0 heterocycles. The van der Waals surface area contributed by atoms with E-state index in [0.717, 1.165) is 18.4 Å². The van der Waals surface area contributed by atoms with Crippen LogP contribution in [0.15, 0.2) is 24.3 Å². The van der Waals surface area contributed by atoms with Crippen LogP contribution < -0.4 is 5.32 Å². The molecule has 0 unspecified atom stereocenters. The Morgan fingerprint density at radius 1 is 1.40 bits per heavy atom. The van der Waals surface area contributed by atoms with Crippen LogP contribution in [0.4, 0.5) is 0 Å². The average molecular weight is 296 g/mol. The van der Waals surface area contributed by atoms with Gasteiger partial charge in [0.15, 0.2) is 6.10 Å². The molecule has 0 spiro atoms. The Morgan fingerprint density at radius 3 is 2.75 bits per heavy atom. The minimum atomic E-state index is -0.741. The molecule has 1 aromatic carbocycles. The van der Waals surface area contributed by atoms with Gasteiger partial charge in [0, 0.05) is 17.5 Å². The number of carbonyl (C=O) groups is 2. The van der Waals surface area contributed by atoms with Crippen molar-refractivity contribution in [3.8, 4) is 0 Å². The van der Waals surface area contributed by atoms with E-state index in [4.69, 9.17) is 16.3 Å². The molecule has 0 radical (unpaired) electrons. The number of halogens is 1. The fraction of sp³-hybridized carbons (Fsp3) is 0.467. The van der Waals surface area contributed by atoms with Gasteiger partial charge < -0.3 is 10.1 Å². The fourth-order valence-corrected chi connectivity index (χ4v) is 2.02. The molecule has 1 atom stereocenters. The number of nitrogens with one attached hydrogen (secondary N) is 1. The van der Waals surface area contributed by atoms with E-state index < -0.39 is 6.10 Å². The van der Waals surface area contributed by atoms with Gasteiger partial charge in [-0.2, -0.15) is 0 Å². The summed E-state index contributed by atoms with van der Waals surface area (Å²) in [5, 5.41) is 3.44. The smallest absolute Gasteiger partial charge is 0.306 e. The van der Waals surface area contributed by atoms with Crippen molar-refractivity contribution in [2.45, 2.75) is 44.8 Å². The van der Waals surface area contributed by atoms with E-state index in [0.29, 0.717) is 11.4 Å². The molecule has 20 heavy (non-hydrogen) atoms. The summed E-state index contributed by atoms with van der Waals surface area (Å²) in [6.45, 7) is 1.59. The highest BCUT2D eigenvalue weighted by atomic mass is 35.5. The SMILES string of the molecule is C[C@H](OC(=O)CCc1ccccc1Cl)C(=O)NC1CC1. The summed E-state index contributed by atoms with van der Waals surface area (Å²) in [5.74, 6) is -0.609. The van der Waals surface area contributed by atoms with Crippen LogP contribution in [0.1, 0.15) is 31.7 Å². The van der Waals surface area contributed by atoms with E-state index in [1.807, 2.05) is 18.2 Å². The number of esters is 1. The number of ether oxygens (including phenoxy) is 1. The monoisotopic (exact) mass is 295 g/mol. The number of aryl methyl sites for hydroxylation is 1. The lowest BCUT2D eigenvalue weighted by molar-refractivity contribution is -0.154. The lowest BCUT2D eigenvalue weighted by atomic mass is 10.1. The summed E-state index contributed by atoms with van der Waals surface area (Å²) < 4.78 is 5.11. The van der Waals surface area contributed by atoms with Crippen LogP contribution in [0.2, 0.25) is 5.02 Å². The van der Waals surface area contributed by atoms with Gasteiger partial charge in [0.1, 0.15) is 0 Å². The molecule has 5 heteroatoms. The van der Waals surface area contributed by atoms with E-state index in [1.165, 1.54) is 0 Å². The van der Waals surface area contributed by atoms with E-state index in [2.05, 4.69) is 5.32 Å². The standard InChI is InChI=1S/C15H18ClNO3/c1-10(15(19)17-12-7-8-12)20-14(18)9-6-11-4-2-3-5-13(11)16/h2-5,10,12H,6-9H2,1H3,(H,17,19)/t10-/m0/s1. The molecule has 2 rings (SSSR count). The first-order valence-corrected chi connectivity index (χ1v) is 7.17. The highest BCUT2D eigenvalue weighted by Gasteiger charge is 2.27. The topological polar surface area (TPSA) is 55.4 Å². The molecule has 1 aliphatic carbocycles. The fourth-order valence-electron chi connectivity index (χ4n) is 1.79. The summed E-state index contributed by atoms with van der Waals surface area (Å²) in [4.78, 5) is 23.3. The number of carbonyl (C=O) groups excluding carboxylic acids is 2. The first kappa shape index (κ1) is 14.9. The molecule has 108 valence electrons. The Hall–Kier alpha value is -1.55. The predicted octanol–water partition coefficient (Wildman–Crippen LogP) is 2.48. The van der Waals surface area contributed by atoms with E-state index >= 15 is 0 Å². The van der Waals surface area contributed by atoms with Gasteiger partial charge in [0.2, 0.25) is 0 Å². The maximum Gasteiger partial charge on any atom is 0.306 e. The molecule has 0 aromatic heterocycles. The van der Waals surface area contributed by atoms with Crippen molar-refractivity contribution in [3.63, 3.8) is 0 Å². The number of benzene rings is 1. The predicted molar refractivity (Wildman–Crippen MR) is 76.5 cm³/mol. The van der Waals surface area contributed by atoms with Gasteiger partial charge in [-0.1, -0.05) is 29.8 Å². The van der Waals surface area contributed by atoms with Crippen molar-refractivity contribution in [2.24, 2.45) is 0 Å². The quantitative estimate of drug-likeness (QED) is 0.820. The van der Waals surface area contributed by atoms with Gasteiger partial charge in [-0.05, 0) is 37.8 Å². The van der Waals surface area contributed by atoms with Crippen molar-refractivity contribution in [2.75, 3.05) is 0 Å². The normalized spacial score (nSPS) is 15.5. The van der Waals surface area contributed by atoms with Gasteiger partial charge in [-0.25, -0.2) is 0 Å². The largest absolute Gasteiger partial charge is 0.453 e. The number of hydrogen-bond acceptors (Lipinski definition) is 3. The van der Waals surface area contributed by atoms with Crippen molar-refractivity contribution in [1.29, 1.82) is 0 Å². The van der Waals surface area contributed by atoms with Gasteiger partial charge >= 0.3 is 5.97 Å². The van der Waals surface area contributed by atoms with Crippen LogP contribution in [-0.4, -0.2) is 24.0 Å². The zero-order valence-electron chi connectivity index (χ0n) is 11.4. The van der Waals surface area contributed by atoms with E-state index in [9.17, 15) is 9.59 Å². The lowest BCUT2D eigenvalue weighted by Gasteiger charge is -2.13. The lowest BCUT2D eigenvalue weighted by Crippen LogP contribution is -2.37. The zero-order valence-corrected chi connectivity index (χ0v) is 12.2. The molecule has 0 saturated heterocycles. The van der Waals surface area contributed by atoms with E-state index in [-0.39, 0.29) is 24.3 Å². The third kappa shape index (κ3) is 4.53. The summed E-state index contributed by atoms with van der Waals surface area (Å²) in [6.07, 6.45) is 2.01. The molecule has 1 saturated carbocycles. The Bertz CT molecular complexity index is 500. The molecular formula is C15H18ClNO3. The molecule has 1 aliphatic rings. The van der Waals surface area contributed by atoms with Crippen molar-refractivity contribution >= 4 is 23.5 Å². The van der Waals surface area contributed by atoms with Crippen molar-refractivity contribution in [1.82, 2.24) is 5.32 Å². The van der Waals surface area contributed by atoms with Crippen molar-refractivity contribution in [3.05, 3.63) is 34.9 Å². The van der Waals surface area contributed by atoms with Gasteiger partial charge in [-0.3, -0.25) is 9.59 Å². The highest BCUT2D eigenvalue weighted by Crippen LogP contribution is 2.19. The molecule has 1 N–H and O–H groups in total. The Kier molecular flexibility index (Phi) is 5.01. The average Bonchev–Trinajstić information content (AvgIpc) is 3.21. The van der Waals surface area contributed by atoms with Crippen LogP contribution in [0.3, 0.4) is 0 Å². The maximum absolute atomic E-state index is 11.7. The van der Waals surface area contributed by atoms with E-state index in [1.54, 1.807) is 13.0 Å². The minimum Gasteiger partial charge on any atom is -0.453 e. The second kappa shape index (κ2) is 6.75. The number of hydrogen-bond donors (Lipinski definition) is 1. The summed E-state index contributed by atoms with van der Waals surface area (Å²) >= 11 is 6.01.